The number of aliphatic hydroxyl groups is 1. The fraction of sp³-hybridized carbons (Fsp3) is 0.429. The lowest BCUT2D eigenvalue weighted by Crippen LogP contribution is -2.30. The van der Waals surface area contributed by atoms with Crippen molar-refractivity contribution in [2.45, 2.75) is 26.3 Å². The highest BCUT2D eigenvalue weighted by molar-refractivity contribution is 5.93. The minimum Gasteiger partial charge on any atom is -0.396 e. The van der Waals surface area contributed by atoms with Crippen LogP contribution in [0.25, 0.3) is 0 Å². The molecule has 1 unspecified atom stereocenters. The van der Waals surface area contributed by atoms with Gasteiger partial charge in [0.1, 0.15) is 0 Å². The van der Waals surface area contributed by atoms with E-state index in [1.54, 1.807) is 25.4 Å². The van der Waals surface area contributed by atoms with Gasteiger partial charge in [0.05, 0.1) is 18.8 Å². The van der Waals surface area contributed by atoms with Gasteiger partial charge in [-0.25, -0.2) is 0 Å². The number of hydrogen-bond acceptors (Lipinski definition) is 5. The molecule has 0 fully saturated rings. The van der Waals surface area contributed by atoms with Crippen LogP contribution in [0.2, 0.25) is 0 Å². The quantitative estimate of drug-likeness (QED) is 0.808. The smallest absolute Gasteiger partial charge is 0.273 e. The van der Waals surface area contributed by atoms with E-state index in [1.165, 1.54) is 4.80 Å². The van der Waals surface area contributed by atoms with E-state index in [-0.39, 0.29) is 18.4 Å². The number of nitrogens with zero attached hydrogens (tertiary/aromatic N) is 4. The summed E-state index contributed by atoms with van der Waals surface area (Å²) in [7, 11) is 0. The highest BCUT2D eigenvalue weighted by Crippen LogP contribution is 2.12. The molecule has 7 nitrogen and oxygen atoms in total. The normalized spacial score (nSPS) is 12.1. The summed E-state index contributed by atoms with van der Waals surface area (Å²) in [6, 6.07) is 3.68. The van der Waals surface area contributed by atoms with Gasteiger partial charge in [-0.2, -0.15) is 9.90 Å². The number of carbonyl (C=O) groups excluding carboxylic acids is 1. The van der Waals surface area contributed by atoms with Gasteiger partial charge in [0, 0.05) is 24.9 Å². The molecule has 0 saturated carbocycles. The van der Waals surface area contributed by atoms with Crippen LogP contribution in [0, 0.1) is 6.92 Å². The Hall–Kier alpha value is -2.28. The molecule has 0 radical (unpaired) electrons. The fourth-order valence-corrected chi connectivity index (χ4v) is 1.99. The van der Waals surface area contributed by atoms with Crippen molar-refractivity contribution in [1.82, 2.24) is 25.3 Å². The number of amides is 1. The lowest BCUT2D eigenvalue weighted by atomic mass is 10.0. The Morgan fingerprint density at radius 3 is 2.86 bits per heavy atom. The third-order valence-electron chi connectivity index (χ3n) is 3.21. The number of carbonyl (C=O) groups is 1. The number of rotatable bonds is 6. The van der Waals surface area contributed by atoms with Crippen LogP contribution in [0.15, 0.2) is 24.5 Å². The first-order valence-electron chi connectivity index (χ1n) is 6.86. The molecule has 0 aliphatic carbocycles. The fourth-order valence-electron chi connectivity index (χ4n) is 1.99. The molecular formula is C14H19N5O2. The van der Waals surface area contributed by atoms with Crippen molar-refractivity contribution < 1.29 is 9.90 Å². The van der Waals surface area contributed by atoms with Crippen molar-refractivity contribution in [2.75, 3.05) is 13.2 Å². The molecule has 1 amide bonds. The van der Waals surface area contributed by atoms with Crippen LogP contribution in [0.3, 0.4) is 0 Å². The van der Waals surface area contributed by atoms with Gasteiger partial charge in [0.15, 0.2) is 5.69 Å². The topological polar surface area (TPSA) is 92.9 Å². The predicted molar refractivity (Wildman–Crippen MR) is 76.8 cm³/mol. The number of aromatic nitrogens is 4. The molecule has 1 atom stereocenters. The van der Waals surface area contributed by atoms with Crippen LogP contribution in [-0.4, -0.2) is 44.1 Å². The highest BCUT2D eigenvalue weighted by Gasteiger charge is 2.17. The molecule has 2 heterocycles. The number of aryl methyl sites for hydroxylation is 2. The van der Waals surface area contributed by atoms with Gasteiger partial charge in [-0.1, -0.05) is 6.07 Å². The summed E-state index contributed by atoms with van der Waals surface area (Å²) < 4.78 is 0. The number of nitrogens with one attached hydrogen (secondary N) is 1. The molecule has 112 valence electrons. The molecule has 2 rings (SSSR count). The van der Waals surface area contributed by atoms with Crippen LogP contribution in [-0.2, 0) is 6.54 Å². The first-order valence-corrected chi connectivity index (χ1v) is 6.86. The van der Waals surface area contributed by atoms with Crippen LogP contribution in [0.1, 0.15) is 34.6 Å². The van der Waals surface area contributed by atoms with E-state index in [0.29, 0.717) is 24.5 Å². The molecule has 2 aromatic rings. The predicted octanol–water partition coefficient (Wildman–Crippen LogP) is 0.507. The van der Waals surface area contributed by atoms with Crippen LogP contribution in [0.4, 0.5) is 0 Å². The first kappa shape index (κ1) is 15.1. The van der Waals surface area contributed by atoms with Crippen molar-refractivity contribution in [3.05, 3.63) is 41.5 Å². The largest absolute Gasteiger partial charge is 0.396 e. The Morgan fingerprint density at radius 1 is 1.48 bits per heavy atom. The van der Waals surface area contributed by atoms with Crippen LogP contribution in [0.5, 0.6) is 0 Å². The van der Waals surface area contributed by atoms with Gasteiger partial charge in [-0.3, -0.25) is 9.78 Å². The Balaban J connectivity index is 2.01. The third-order valence-corrected chi connectivity index (χ3v) is 3.21. The standard InChI is InChI=1S/C14H19N5O2/c1-3-19-17-10(2)13(18-19)14(21)16-8-12(9-20)11-5-4-6-15-7-11/h4-7,12,20H,3,8-9H2,1-2H3,(H,16,21). The number of hydrogen-bond donors (Lipinski definition) is 2. The van der Waals surface area contributed by atoms with Crippen LogP contribution >= 0.6 is 0 Å². The zero-order chi connectivity index (χ0) is 15.2. The summed E-state index contributed by atoms with van der Waals surface area (Å²) in [5.74, 6) is -0.473. The monoisotopic (exact) mass is 289 g/mol. The van der Waals surface area contributed by atoms with Crippen molar-refractivity contribution >= 4 is 5.91 Å². The van der Waals surface area contributed by atoms with Gasteiger partial charge >= 0.3 is 0 Å². The summed E-state index contributed by atoms with van der Waals surface area (Å²) in [5, 5.41) is 20.5. The number of aliphatic hydroxyl groups excluding tert-OH is 1. The zero-order valence-corrected chi connectivity index (χ0v) is 12.2. The Bertz CT molecular complexity index is 597. The van der Waals surface area contributed by atoms with Crippen molar-refractivity contribution in [3.8, 4) is 0 Å². The van der Waals surface area contributed by atoms with E-state index >= 15 is 0 Å². The number of pyridine rings is 1. The van der Waals surface area contributed by atoms with Gasteiger partial charge in [-0.05, 0) is 25.5 Å². The van der Waals surface area contributed by atoms with E-state index in [0.717, 1.165) is 5.56 Å². The molecular weight excluding hydrogens is 270 g/mol. The SMILES string of the molecule is CCn1nc(C)c(C(=O)NCC(CO)c2cccnc2)n1. The zero-order valence-electron chi connectivity index (χ0n) is 12.2. The van der Waals surface area contributed by atoms with Gasteiger partial charge < -0.3 is 10.4 Å². The first-order chi connectivity index (χ1) is 10.2. The van der Waals surface area contributed by atoms with E-state index < -0.39 is 0 Å². The van der Waals surface area contributed by atoms with Gasteiger partial charge in [0.25, 0.3) is 5.91 Å². The Kier molecular flexibility index (Phi) is 4.99. The van der Waals surface area contributed by atoms with Gasteiger partial charge in [-0.15, -0.1) is 5.10 Å². The maximum atomic E-state index is 12.1. The van der Waals surface area contributed by atoms with E-state index in [4.69, 9.17) is 0 Å². The van der Waals surface area contributed by atoms with Gasteiger partial charge in [0.2, 0.25) is 0 Å². The Labute approximate surface area is 123 Å². The maximum absolute atomic E-state index is 12.1. The Morgan fingerprint density at radius 2 is 2.29 bits per heavy atom. The molecule has 21 heavy (non-hydrogen) atoms. The van der Waals surface area contributed by atoms with E-state index in [2.05, 4.69) is 20.5 Å². The minimum absolute atomic E-state index is 0.0629. The second-order valence-electron chi connectivity index (χ2n) is 4.70. The molecule has 2 aromatic heterocycles. The van der Waals surface area contributed by atoms with E-state index in [1.807, 2.05) is 13.0 Å². The maximum Gasteiger partial charge on any atom is 0.273 e. The molecule has 2 N–H and O–H groups in total. The second kappa shape index (κ2) is 6.94. The molecule has 7 heteroatoms. The lowest BCUT2D eigenvalue weighted by molar-refractivity contribution is 0.0941. The molecule has 0 aliphatic heterocycles. The second-order valence-corrected chi connectivity index (χ2v) is 4.70. The average Bonchev–Trinajstić information content (AvgIpc) is 2.90. The summed E-state index contributed by atoms with van der Waals surface area (Å²) in [4.78, 5) is 17.6. The summed E-state index contributed by atoms with van der Waals surface area (Å²) in [6.45, 7) is 4.53. The molecule has 0 aliphatic rings. The molecule has 0 aromatic carbocycles. The third kappa shape index (κ3) is 3.63. The van der Waals surface area contributed by atoms with Crippen molar-refractivity contribution in [1.29, 1.82) is 0 Å². The summed E-state index contributed by atoms with van der Waals surface area (Å²) >= 11 is 0. The van der Waals surface area contributed by atoms with Crippen molar-refractivity contribution in [2.24, 2.45) is 0 Å². The molecule has 0 bridgehead atoms. The summed E-state index contributed by atoms with van der Waals surface area (Å²) in [5.41, 5.74) is 1.80. The molecule has 0 saturated heterocycles. The minimum atomic E-state index is -0.283. The van der Waals surface area contributed by atoms with Crippen molar-refractivity contribution in [3.63, 3.8) is 0 Å². The summed E-state index contributed by atoms with van der Waals surface area (Å²) in [6.07, 6.45) is 3.36. The van der Waals surface area contributed by atoms with E-state index in [9.17, 15) is 9.90 Å². The lowest BCUT2D eigenvalue weighted by Gasteiger charge is -2.14. The highest BCUT2D eigenvalue weighted by atomic mass is 16.3. The van der Waals surface area contributed by atoms with Crippen LogP contribution < -0.4 is 5.32 Å². The molecule has 0 spiro atoms. The average molecular weight is 289 g/mol.